The highest BCUT2D eigenvalue weighted by molar-refractivity contribution is 5.88. The van der Waals surface area contributed by atoms with E-state index in [4.69, 9.17) is 23.4 Å². The minimum absolute atomic E-state index is 0.102. The van der Waals surface area contributed by atoms with Gasteiger partial charge in [0.1, 0.15) is 23.9 Å². The molecule has 2 heterocycles. The highest BCUT2D eigenvalue weighted by Gasteiger charge is 2.18. The van der Waals surface area contributed by atoms with Gasteiger partial charge in [-0.15, -0.1) is 0 Å². The molecule has 4 rings (SSSR count). The fourth-order valence-corrected chi connectivity index (χ4v) is 2.45. The van der Waals surface area contributed by atoms with Gasteiger partial charge in [0, 0.05) is 6.07 Å². The highest BCUT2D eigenvalue weighted by Crippen LogP contribution is 2.35. The first-order valence-electron chi connectivity index (χ1n) is 8.07. The normalized spacial score (nSPS) is 12.0. The molecule has 1 aliphatic rings. The van der Waals surface area contributed by atoms with Crippen LogP contribution in [0, 0.1) is 6.92 Å². The summed E-state index contributed by atoms with van der Waals surface area (Å²) < 4.78 is 26.9. The van der Waals surface area contributed by atoms with E-state index in [1.807, 2.05) is 31.2 Å². The lowest BCUT2D eigenvalue weighted by Crippen LogP contribution is -2.07. The molecule has 0 aliphatic carbocycles. The van der Waals surface area contributed by atoms with E-state index < -0.39 is 5.97 Å². The molecule has 3 aromatic rings. The van der Waals surface area contributed by atoms with Crippen LogP contribution in [-0.2, 0) is 6.61 Å². The van der Waals surface area contributed by atoms with E-state index in [-0.39, 0.29) is 19.2 Å². The minimum Gasteiger partial charge on any atom is -0.486 e. The van der Waals surface area contributed by atoms with Crippen LogP contribution in [0.2, 0.25) is 0 Å². The zero-order valence-electron chi connectivity index (χ0n) is 14.1. The van der Waals surface area contributed by atoms with Crippen LogP contribution in [0.15, 0.2) is 59.0 Å². The van der Waals surface area contributed by atoms with Crippen LogP contribution in [0.3, 0.4) is 0 Å². The van der Waals surface area contributed by atoms with Crippen molar-refractivity contribution in [1.29, 1.82) is 0 Å². The lowest BCUT2D eigenvalue weighted by atomic mass is 10.2. The standard InChI is InChI=1S/C20H16O6/c1-13-2-4-14(5-3-13)22-11-16-7-9-18(25-16)20(21)26-15-6-8-17-19(10-15)24-12-23-17/h2-10H,11-12H2,1H3. The highest BCUT2D eigenvalue weighted by atomic mass is 16.7. The van der Waals surface area contributed by atoms with Crippen LogP contribution in [0.5, 0.6) is 23.0 Å². The number of aryl methyl sites for hydroxylation is 1. The first-order valence-corrected chi connectivity index (χ1v) is 8.07. The van der Waals surface area contributed by atoms with Crippen LogP contribution in [-0.4, -0.2) is 12.8 Å². The van der Waals surface area contributed by atoms with E-state index >= 15 is 0 Å². The van der Waals surface area contributed by atoms with Crippen molar-refractivity contribution in [2.45, 2.75) is 13.5 Å². The number of carbonyl (C=O) groups is 1. The van der Waals surface area contributed by atoms with Crippen molar-refractivity contribution >= 4 is 5.97 Å². The van der Waals surface area contributed by atoms with Crippen LogP contribution in [0.4, 0.5) is 0 Å². The molecule has 0 atom stereocenters. The fourth-order valence-electron chi connectivity index (χ4n) is 2.45. The Labute approximate surface area is 149 Å². The van der Waals surface area contributed by atoms with E-state index in [1.165, 1.54) is 0 Å². The molecule has 1 aromatic heterocycles. The lowest BCUT2D eigenvalue weighted by Gasteiger charge is -2.05. The molecular weight excluding hydrogens is 336 g/mol. The van der Waals surface area contributed by atoms with Gasteiger partial charge in [-0.3, -0.25) is 0 Å². The summed E-state index contributed by atoms with van der Waals surface area (Å²) in [4.78, 5) is 12.2. The Morgan fingerprint density at radius 1 is 0.962 bits per heavy atom. The quantitative estimate of drug-likeness (QED) is 0.508. The molecule has 0 saturated heterocycles. The van der Waals surface area contributed by atoms with Crippen LogP contribution in [0.25, 0.3) is 0 Å². The molecular formula is C20H16O6. The Hall–Kier alpha value is -3.41. The second-order valence-corrected chi connectivity index (χ2v) is 5.77. The number of hydrogen-bond acceptors (Lipinski definition) is 6. The summed E-state index contributed by atoms with van der Waals surface area (Å²) in [5.41, 5.74) is 1.16. The van der Waals surface area contributed by atoms with Crippen molar-refractivity contribution in [3.05, 3.63) is 71.7 Å². The first-order chi connectivity index (χ1) is 12.7. The third-order valence-electron chi connectivity index (χ3n) is 3.82. The molecule has 0 saturated carbocycles. The Morgan fingerprint density at radius 3 is 2.58 bits per heavy atom. The zero-order valence-corrected chi connectivity index (χ0v) is 14.1. The number of hydrogen-bond donors (Lipinski definition) is 0. The first kappa shape index (κ1) is 16.1. The van der Waals surface area contributed by atoms with Gasteiger partial charge in [0.15, 0.2) is 11.5 Å². The maximum Gasteiger partial charge on any atom is 0.379 e. The minimum atomic E-state index is -0.592. The van der Waals surface area contributed by atoms with Crippen molar-refractivity contribution in [2.24, 2.45) is 0 Å². The van der Waals surface area contributed by atoms with Crippen molar-refractivity contribution in [3.63, 3.8) is 0 Å². The summed E-state index contributed by atoms with van der Waals surface area (Å²) >= 11 is 0. The molecule has 6 nitrogen and oxygen atoms in total. The molecule has 132 valence electrons. The average molecular weight is 352 g/mol. The van der Waals surface area contributed by atoms with Crippen molar-refractivity contribution in [1.82, 2.24) is 0 Å². The van der Waals surface area contributed by atoms with E-state index in [1.54, 1.807) is 30.3 Å². The van der Waals surface area contributed by atoms with Crippen molar-refractivity contribution in [2.75, 3.05) is 6.79 Å². The van der Waals surface area contributed by atoms with Crippen LogP contribution < -0.4 is 18.9 Å². The lowest BCUT2D eigenvalue weighted by molar-refractivity contribution is 0.0697. The summed E-state index contributed by atoms with van der Waals surface area (Å²) in [6, 6.07) is 15.9. The monoisotopic (exact) mass is 352 g/mol. The van der Waals surface area contributed by atoms with E-state index in [2.05, 4.69) is 0 Å². The van der Waals surface area contributed by atoms with E-state index in [0.29, 0.717) is 23.0 Å². The van der Waals surface area contributed by atoms with E-state index in [9.17, 15) is 4.79 Å². The Bertz CT molecular complexity index is 926. The molecule has 6 heteroatoms. The predicted molar refractivity (Wildman–Crippen MR) is 91.7 cm³/mol. The SMILES string of the molecule is Cc1ccc(OCc2ccc(C(=O)Oc3ccc4c(c3)OCO4)o2)cc1. The molecule has 0 bridgehead atoms. The van der Waals surface area contributed by atoms with Gasteiger partial charge in [-0.25, -0.2) is 4.79 Å². The predicted octanol–water partition coefficient (Wildman–Crippen LogP) is 4.11. The summed E-state index contributed by atoms with van der Waals surface area (Å²) in [6.45, 7) is 2.39. The zero-order chi connectivity index (χ0) is 17.9. The second kappa shape index (κ2) is 6.84. The topological polar surface area (TPSA) is 67.1 Å². The Balaban J connectivity index is 1.37. The summed E-state index contributed by atoms with van der Waals surface area (Å²) in [6.07, 6.45) is 0. The number of benzene rings is 2. The van der Waals surface area contributed by atoms with Gasteiger partial charge in [0.05, 0.1) is 0 Å². The number of ether oxygens (including phenoxy) is 4. The van der Waals surface area contributed by atoms with Gasteiger partial charge in [-0.1, -0.05) is 17.7 Å². The maximum atomic E-state index is 12.2. The average Bonchev–Trinajstić information content (AvgIpc) is 3.30. The van der Waals surface area contributed by atoms with Gasteiger partial charge >= 0.3 is 5.97 Å². The molecule has 0 unspecified atom stereocenters. The Kier molecular flexibility index (Phi) is 4.23. The number of esters is 1. The smallest absolute Gasteiger partial charge is 0.379 e. The summed E-state index contributed by atoms with van der Waals surface area (Å²) in [5, 5.41) is 0. The number of rotatable bonds is 5. The molecule has 0 amide bonds. The van der Waals surface area contributed by atoms with E-state index in [0.717, 1.165) is 11.3 Å². The van der Waals surface area contributed by atoms with Crippen molar-refractivity contribution in [3.8, 4) is 23.0 Å². The molecule has 0 N–H and O–H groups in total. The van der Waals surface area contributed by atoms with Gasteiger partial charge in [-0.2, -0.15) is 0 Å². The van der Waals surface area contributed by atoms with Crippen LogP contribution >= 0.6 is 0 Å². The molecule has 0 radical (unpaired) electrons. The molecule has 0 spiro atoms. The molecule has 1 aliphatic heterocycles. The van der Waals surface area contributed by atoms with Crippen LogP contribution in [0.1, 0.15) is 21.9 Å². The third-order valence-corrected chi connectivity index (χ3v) is 3.82. The van der Waals surface area contributed by atoms with Gasteiger partial charge in [-0.05, 0) is 43.3 Å². The van der Waals surface area contributed by atoms with Gasteiger partial charge < -0.3 is 23.4 Å². The number of carbonyl (C=O) groups excluding carboxylic acids is 1. The largest absolute Gasteiger partial charge is 0.486 e. The maximum absolute atomic E-state index is 12.2. The van der Waals surface area contributed by atoms with Gasteiger partial charge in [0.2, 0.25) is 12.6 Å². The number of furan rings is 1. The Morgan fingerprint density at radius 2 is 1.73 bits per heavy atom. The molecule has 26 heavy (non-hydrogen) atoms. The van der Waals surface area contributed by atoms with Crippen molar-refractivity contribution < 1.29 is 28.2 Å². The molecule has 0 fully saturated rings. The molecule has 2 aromatic carbocycles. The second-order valence-electron chi connectivity index (χ2n) is 5.77. The van der Waals surface area contributed by atoms with Gasteiger partial charge in [0.25, 0.3) is 0 Å². The third kappa shape index (κ3) is 3.49. The summed E-state index contributed by atoms with van der Waals surface area (Å²) in [5.74, 6) is 2.30. The summed E-state index contributed by atoms with van der Waals surface area (Å²) in [7, 11) is 0. The fraction of sp³-hybridized carbons (Fsp3) is 0.150. The number of fused-ring (bicyclic) bond motifs is 1.